The Hall–Kier alpha value is -2.34. The molecule has 0 aliphatic rings. The van der Waals surface area contributed by atoms with E-state index in [9.17, 15) is 4.79 Å². The Morgan fingerprint density at radius 3 is 2.90 bits per heavy atom. The minimum Gasteiger partial charge on any atom is -0.478 e. The lowest BCUT2D eigenvalue weighted by Crippen LogP contribution is -1.98. The van der Waals surface area contributed by atoms with E-state index in [1.165, 1.54) is 0 Å². The van der Waals surface area contributed by atoms with Crippen LogP contribution in [0, 0.1) is 6.92 Å². The summed E-state index contributed by atoms with van der Waals surface area (Å²) in [5, 5.41) is 18.1. The van der Waals surface area contributed by atoms with E-state index in [4.69, 9.17) is 5.11 Å². The maximum Gasteiger partial charge on any atom is 0.335 e. The van der Waals surface area contributed by atoms with Gasteiger partial charge in [-0.05, 0) is 42.3 Å². The molecule has 3 rings (SSSR count). The van der Waals surface area contributed by atoms with Crippen LogP contribution < -0.4 is 0 Å². The van der Waals surface area contributed by atoms with E-state index in [0.717, 1.165) is 27.7 Å². The summed E-state index contributed by atoms with van der Waals surface area (Å²) in [5.74, 6) is -0.178. The topological polar surface area (TPSA) is 67.5 Å². The van der Waals surface area contributed by atoms with Crippen LogP contribution in [-0.4, -0.2) is 25.7 Å². The normalized spacial score (nSPS) is 10.9. The number of thioether (sulfide) groups is 1. The third-order valence-electron chi connectivity index (χ3n) is 3.23. The lowest BCUT2D eigenvalue weighted by Gasteiger charge is -2.06. The van der Waals surface area contributed by atoms with Crippen molar-refractivity contribution < 1.29 is 9.90 Å². The van der Waals surface area contributed by atoms with Gasteiger partial charge in [-0.2, -0.15) is 0 Å². The molecule has 0 spiro atoms. The van der Waals surface area contributed by atoms with Gasteiger partial charge in [0.15, 0.2) is 10.8 Å². The third kappa shape index (κ3) is 2.75. The second-order valence-electron chi connectivity index (χ2n) is 4.65. The molecule has 5 nitrogen and oxygen atoms in total. The summed E-state index contributed by atoms with van der Waals surface area (Å²) in [6.07, 6.45) is 1.93. The number of nitrogens with zero attached hydrogens (tertiary/aromatic N) is 3. The lowest BCUT2D eigenvalue weighted by atomic mass is 10.1. The van der Waals surface area contributed by atoms with Gasteiger partial charge in [0.05, 0.1) is 5.56 Å². The van der Waals surface area contributed by atoms with Crippen LogP contribution >= 0.6 is 11.8 Å². The van der Waals surface area contributed by atoms with E-state index < -0.39 is 5.97 Å². The molecule has 0 radical (unpaired) electrons. The van der Waals surface area contributed by atoms with Gasteiger partial charge in [-0.1, -0.05) is 23.9 Å². The van der Waals surface area contributed by atoms with Crippen molar-refractivity contribution in [3.05, 3.63) is 59.3 Å². The monoisotopic (exact) mass is 299 g/mol. The Morgan fingerprint density at radius 1 is 1.29 bits per heavy atom. The molecule has 0 bridgehead atoms. The number of aromatic nitrogens is 3. The highest BCUT2D eigenvalue weighted by Crippen LogP contribution is 2.24. The summed E-state index contributed by atoms with van der Waals surface area (Å²) in [6.45, 7) is 1.92. The number of hydrogen-bond acceptors (Lipinski definition) is 4. The standard InChI is InChI=1S/C15H13N3O2S/c1-10-8-11(14(19)20)5-6-12(10)9-21-15-17-16-13-4-2-3-7-18(13)15/h2-8H,9H2,1H3,(H,19,20). The Labute approximate surface area is 125 Å². The minimum absolute atomic E-state index is 0.314. The summed E-state index contributed by atoms with van der Waals surface area (Å²) in [7, 11) is 0. The molecule has 1 aromatic carbocycles. The molecular formula is C15H13N3O2S. The van der Waals surface area contributed by atoms with Crippen molar-refractivity contribution >= 4 is 23.4 Å². The number of pyridine rings is 1. The van der Waals surface area contributed by atoms with Gasteiger partial charge in [0.25, 0.3) is 0 Å². The molecule has 0 saturated heterocycles. The molecule has 6 heteroatoms. The fourth-order valence-corrected chi connectivity index (χ4v) is 3.05. The van der Waals surface area contributed by atoms with Crippen molar-refractivity contribution in [2.24, 2.45) is 0 Å². The molecule has 0 unspecified atom stereocenters. The molecule has 3 aromatic rings. The maximum atomic E-state index is 10.9. The van der Waals surface area contributed by atoms with Crippen LogP contribution in [0.25, 0.3) is 5.65 Å². The average molecular weight is 299 g/mol. The molecule has 21 heavy (non-hydrogen) atoms. The lowest BCUT2D eigenvalue weighted by molar-refractivity contribution is 0.0697. The summed E-state index contributed by atoms with van der Waals surface area (Å²) < 4.78 is 1.94. The van der Waals surface area contributed by atoms with Gasteiger partial charge in [-0.3, -0.25) is 4.40 Å². The van der Waals surface area contributed by atoms with Crippen molar-refractivity contribution in [1.82, 2.24) is 14.6 Å². The molecule has 0 aliphatic carbocycles. The number of rotatable bonds is 4. The number of fused-ring (bicyclic) bond motifs is 1. The van der Waals surface area contributed by atoms with Crippen molar-refractivity contribution in [3.8, 4) is 0 Å². The SMILES string of the molecule is Cc1cc(C(=O)O)ccc1CSc1nnc2ccccn12. The van der Waals surface area contributed by atoms with Crippen molar-refractivity contribution in [2.75, 3.05) is 0 Å². The van der Waals surface area contributed by atoms with Crippen molar-refractivity contribution in [1.29, 1.82) is 0 Å². The molecule has 0 amide bonds. The fourth-order valence-electron chi connectivity index (χ4n) is 2.05. The predicted octanol–water partition coefficient (Wildman–Crippen LogP) is 3.03. The van der Waals surface area contributed by atoms with E-state index in [1.54, 1.807) is 23.9 Å². The first-order valence-corrected chi connectivity index (χ1v) is 7.39. The van der Waals surface area contributed by atoms with Crippen molar-refractivity contribution in [3.63, 3.8) is 0 Å². The van der Waals surface area contributed by atoms with Crippen LogP contribution in [0.2, 0.25) is 0 Å². The smallest absolute Gasteiger partial charge is 0.335 e. The first-order valence-electron chi connectivity index (χ1n) is 6.40. The molecule has 0 atom stereocenters. The number of carboxylic acids is 1. The molecular weight excluding hydrogens is 286 g/mol. The van der Waals surface area contributed by atoms with E-state index in [0.29, 0.717) is 5.56 Å². The van der Waals surface area contributed by atoms with E-state index in [-0.39, 0.29) is 0 Å². The minimum atomic E-state index is -0.902. The molecule has 106 valence electrons. The molecule has 0 saturated carbocycles. The van der Waals surface area contributed by atoms with Gasteiger partial charge in [0.2, 0.25) is 0 Å². The summed E-state index contributed by atoms with van der Waals surface area (Å²) in [4.78, 5) is 10.9. The molecule has 1 N–H and O–H groups in total. The van der Waals surface area contributed by atoms with Crippen LogP contribution in [0.1, 0.15) is 21.5 Å². The molecule has 0 aliphatic heterocycles. The van der Waals surface area contributed by atoms with Gasteiger partial charge in [-0.15, -0.1) is 10.2 Å². The zero-order valence-corrected chi connectivity index (χ0v) is 12.2. The highest BCUT2D eigenvalue weighted by molar-refractivity contribution is 7.98. The number of carbonyl (C=O) groups is 1. The Bertz CT molecular complexity index is 814. The first kappa shape index (κ1) is 13.6. The Kier molecular flexibility index (Phi) is 3.62. The quantitative estimate of drug-likeness (QED) is 0.750. The first-order chi connectivity index (χ1) is 10.1. The second kappa shape index (κ2) is 5.57. The summed E-state index contributed by atoms with van der Waals surface area (Å²) >= 11 is 1.58. The molecule has 2 heterocycles. The van der Waals surface area contributed by atoms with Crippen LogP contribution in [0.5, 0.6) is 0 Å². The zero-order valence-electron chi connectivity index (χ0n) is 11.4. The number of benzene rings is 1. The van der Waals surface area contributed by atoms with Gasteiger partial charge in [0, 0.05) is 11.9 Å². The molecule has 2 aromatic heterocycles. The third-order valence-corrected chi connectivity index (χ3v) is 4.22. The maximum absolute atomic E-state index is 10.9. The summed E-state index contributed by atoms with van der Waals surface area (Å²) in [6, 6.07) is 11.0. The van der Waals surface area contributed by atoms with E-state index in [2.05, 4.69) is 10.2 Å². The number of hydrogen-bond donors (Lipinski definition) is 1. The van der Waals surface area contributed by atoms with E-state index in [1.807, 2.05) is 41.8 Å². The number of carboxylic acid groups (broad SMARTS) is 1. The van der Waals surface area contributed by atoms with Crippen LogP contribution in [0.15, 0.2) is 47.8 Å². The number of aryl methyl sites for hydroxylation is 1. The molecule has 0 fully saturated rings. The fraction of sp³-hybridized carbons (Fsp3) is 0.133. The predicted molar refractivity (Wildman–Crippen MR) is 80.7 cm³/mol. The van der Waals surface area contributed by atoms with E-state index >= 15 is 0 Å². The Morgan fingerprint density at radius 2 is 2.14 bits per heavy atom. The summed E-state index contributed by atoms with van der Waals surface area (Å²) in [5.41, 5.74) is 3.20. The highest BCUT2D eigenvalue weighted by atomic mass is 32.2. The van der Waals surface area contributed by atoms with Crippen molar-refractivity contribution in [2.45, 2.75) is 17.8 Å². The largest absolute Gasteiger partial charge is 0.478 e. The average Bonchev–Trinajstić information content (AvgIpc) is 2.89. The van der Waals surface area contributed by atoms with Gasteiger partial charge < -0.3 is 5.11 Å². The highest BCUT2D eigenvalue weighted by Gasteiger charge is 2.09. The number of aromatic carboxylic acids is 1. The van der Waals surface area contributed by atoms with Crippen LogP contribution in [0.4, 0.5) is 0 Å². The van der Waals surface area contributed by atoms with Crippen LogP contribution in [-0.2, 0) is 5.75 Å². The Balaban J connectivity index is 1.80. The van der Waals surface area contributed by atoms with Gasteiger partial charge in [-0.25, -0.2) is 4.79 Å². The second-order valence-corrected chi connectivity index (χ2v) is 5.59. The van der Waals surface area contributed by atoms with Gasteiger partial charge >= 0.3 is 5.97 Å². The van der Waals surface area contributed by atoms with Gasteiger partial charge in [0.1, 0.15) is 0 Å². The van der Waals surface area contributed by atoms with Crippen LogP contribution in [0.3, 0.4) is 0 Å². The zero-order chi connectivity index (χ0) is 14.8.